The number of sulfonamides is 1. The Morgan fingerprint density at radius 3 is 2.43 bits per heavy atom. The molecule has 42 heavy (non-hydrogen) atoms. The Kier molecular flexibility index (Phi) is 9.59. The summed E-state index contributed by atoms with van der Waals surface area (Å²) in [5, 5.41) is 12.7. The first-order valence-corrected chi connectivity index (χ1v) is 15.0. The van der Waals surface area contributed by atoms with Crippen LogP contribution in [0.25, 0.3) is 0 Å². The van der Waals surface area contributed by atoms with Crippen LogP contribution in [-0.4, -0.2) is 81.3 Å². The number of carbonyl (C=O) groups is 2. The van der Waals surface area contributed by atoms with Gasteiger partial charge in [-0.15, -0.1) is 0 Å². The summed E-state index contributed by atoms with van der Waals surface area (Å²) in [5.41, 5.74) is 0.932. The molecule has 12 heteroatoms. The Balaban J connectivity index is 1.59. The van der Waals surface area contributed by atoms with Crippen LogP contribution in [-0.2, 0) is 10.0 Å². The normalized spacial score (nSPS) is 17.6. The van der Waals surface area contributed by atoms with E-state index in [2.05, 4.69) is 10.0 Å². The average molecular weight is 597 g/mol. The number of anilines is 2. The van der Waals surface area contributed by atoms with Gasteiger partial charge in [0.25, 0.3) is 15.9 Å². The van der Waals surface area contributed by atoms with Crippen molar-refractivity contribution in [1.29, 1.82) is 0 Å². The first kappa shape index (κ1) is 30.7. The summed E-state index contributed by atoms with van der Waals surface area (Å²) in [6.45, 7) is 3.83. The molecular formula is C30H36N4O7S. The Bertz CT molecular complexity index is 1500. The summed E-state index contributed by atoms with van der Waals surface area (Å²) in [6.07, 6.45) is -0.524. The van der Waals surface area contributed by atoms with Crippen molar-refractivity contribution >= 4 is 33.3 Å². The van der Waals surface area contributed by atoms with Crippen LogP contribution in [0.5, 0.6) is 11.5 Å². The number of methoxy groups -OCH3 is 1. The van der Waals surface area contributed by atoms with Crippen molar-refractivity contribution in [1.82, 2.24) is 9.80 Å². The molecule has 1 aliphatic heterocycles. The van der Waals surface area contributed by atoms with E-state index >= 15 is 0 Å². The second-order valence-corrected chi connectivity index (χ2v) is 12.0. The number of hydrogen-bond donors (Lipinski definition) is 3. The average Bonchev–Trinajstić information content (AvgIpc) is 2.99. The number of rotatable bonds is 9. The number of nitrogens with zero attached hydrogens (tertiary/aromatic N) is 2. The molecule has 3 amide bonds. The predicted octanol–water partition coefficient (Wildman–Crippen LogP) is 3.88. The Morgan fingerprint density at radius 2 is 1.79 bits per heavy atom. The number of ether oxygens (including phenoxy) is 2. The second-order valence-electron chi connectivity index (χ2n) is 10.3. The summed E-state index contributed by atoms with van der Waals surface area (Å²) in [4.78, 5) is 29.8. The minimum Gasteiger partial charge on any atom is -0.497 e. The lowest BCUT2D eigenvalue weighted by atomic mass is 9.99. The van der Waals surface area contributed by atoms with Gasteiger partial charge >= 0.3 is 6.03 Å². The Morgan fingerprint density at radius 1 is 1.12 bits per heavy atom. The van der Waals surface area contributed by atoms with Gasteiger partial charge in [0.2, 0.25) is 0 Å². The van der Waals surface area contributed by atoms with E-state index in [-0.39, 0.29) is 53.5 Å². The van der Waals surface area contributed by atoms with Crippen LogP contribution < -0.4 is 19.5 Å². The zero-order chi connectivity index (χ0) is 30.4. The van der Waals surface area contributed by atoms with E-state index in [4.69, 9.17) is 9.47 Å². The zero-order valence-electron chi connectivity index (χ0n) is 24.0. The van der Waals surface area contributed by atoms with E-state index in [0.29, 0.717) is 11.4 Å². The highest BCUT2D eigenvalue weighted by Gasteiger charge is 2.34. The van der Waals surface area contributed by atoms with Gasteiger partial charge in [-0.05, 0) is 61.5 Å². The first-order chi connectivity index (χ1) is 20.0. The molecule has 3 N–H and O–H groups in total. The molecule has 3 aromatic carbocycles. The number of nitrogens with one attached hydrogen (secondary N) is 2. The highest BCUT2D eigenvalue weighted by Crippen LogP contribution is 2.31. The maximum absolute atomic E-state index is 13.7. The Labute approximate surface area is 246 Å². The van der Waals surface area contributed by atoms with E-state index in [1.165, 1.54) is 29.2 Å². The zero-order valence-corrected chi connectivity index (χ0v) is 24.8. The standard InChI is InChI=1S/C30H36N4O7S/c1-20-17-34(21(2)19-35)29(36)26-16-23(32-42(38,39)25-8-6-5-7-9-25)12-15-27(26)41-28(20)18-33(3)30(37)31-22-10-13-24(40-4)14-11-22/h5-16,20-21,28,32,35H,17-19H2,1-4H3,(H,31,37)/t20-,21+,28-/m1/s1. The van der Waals surface area contributed by atoms with Gasteiger partial charge in [0.1, 0.15) is 17.6 Å². The molecule has 3 aromatic rings. The largest absolute Gasteiger partial charge is 0.497 e. The number of aliphatic hydroxyl groups is 1. The Hall–Kier alpha value is -4.29. The van der Waals surface area contributed by atoms with Crippen molar-refractivity contribution in [3.05, 3.63) is 78.4 Å². The minimum atomic E-state index is -3.90. The quantitative estimate of drug-likeness (QED) is 0.341. The molecule has 0 saturated heterocycles. The van der Waals surface area contributed by atoms with E-state index in [0.717, 1.165) is 0 Å². The molecule has 0 bridgehead atoms. The summed E-state index contributed by atoms with van der Waals surface area (Å²) >= 11 is 0. The van der Waals surface area contributed by atoms with Gasteiger partial charge in [-0.1, -0.05) is 25.1 Å². The number of aliphatic hydroxyl groups excluding tert-OH is 1. The van der Waals surface area contributed by atoms with Crippen LogP contribution in [0.2, 0.25) is 0 Å². The summed E-state index contributed by atoms with van der Waals surface area (Å²) in [7, 11) is -0.684. The van der Waals surface area contributed by atoms with Gasteiger partial charge in [-0.2, -0.15) is 0 Å². The lowest BCUT2D eigenvalue weighted by Gasteiger charge is -2.38. The van der Waals surface area contributed by atoms with Crippen molar-refractivity contribution in [2.24, 2.45) is 5.92 Å². The number of likely N-dealkylation sites (N-methyl/N-ethyl adjacent to an activating group) is 1. The molecule has 0 unspecified atom stereocenters. The molecule has 0 aromatic heterocycles. The first-order valence-electron chi connectivity index (χ1n) is 13.5. The van der Waals surface area contributed by atoms with Crippen LogP contribution in [0.4, 0.5) is 16.2 Å². The molecule has 0 radical (unpaired) electrons. The molecule has 4 rings (SSSR count). The predicted molar refractivity (Wildman–Crippen MR) is 159 cm³/mol. The number of carbonyl (C=O) groups excluding carboxylic acids is 2. The van der Waals surface area contributed by atoms with E-state index < -0.39 is 28.1 Å². The highest BCUT2D eigenvalue weighted by molar-refractivity contribution is 7.92. The third-order valence-corrected chi connectivity index (χ3v) is 8.51. The van der Waals surface area contributed by atoms with E-state index in [1.807, 2.05) is 6.92 Å². The summed E-state index contributed by atoms with van der Waals surface area (Å²) in [6, 6.07) is 18.5. The van der Waals surface area contributed by atoms with Crippen molar-refractivity contribution in [2.75, 3.05) is 43.9 Å². The number of hydrogen-bond acceptors (Lipinski definition) is 7. The third kappa shape index (κ3) is 7.12. The van der Waals surface area contributed by atoms with Crippen molar-refractivity contribution in [2.45, 2.75) is 30.9 Å². The fourth-order valence-corrected chi connectivity index (χ4v) is 5.63. The molecule has 0 aliphatic carbocycles. The monoisotopic (exact) mass is 596 g/mol. The number of benzene rings is 3. The molecule has 0 saturated carbocycles. The summed E-state index contributed by atoms with van der Waals surface area (Å²) < 4.78 is 39.8. The fraction of sp³-hybridized carbons (Fsp3) is 0.333. The molecule has 3 atom stereocenters. The van der Waals surface area contributed by atoms with Crippen LogP contribution in [0.3, 0.4) is 0 Å². The third-order valence-electron chi connectivity index (χ3n) is 7.11. The topological polar surface area (TPSA) is 138 Å². The van der Waals surface area contributed by atoms with Crippen LogP contribution in [0.1, 0.15) is 24.2 Å². The highest BCUT2D eigenvalue weighted by atomic mass is 32.2. The number of urea groups is 1. The second kappa shape index (κ2) is 13.1. The SMILES string of the molecule is COc1ccc(NC(=O)N(C)C[C@H]2Oc3ccc(NS(=O)(=O)c4ccccc4)cc3C(=O)N([C@@H](C)CO)C[C@H]2C)cc1. The van der Waals surface area contributed by atoms with Crippen LogP contribution >= 0.6 is 0 Å². The smallest absolute Gasteiger partial charge is 0.321 e. The molecule has 11 nitrogen and oxygen atoms in total. The maximum Gasteiger partial charge on any atom is 0.321 e. The van der Waals surface area contributed by atoms with Gasteiger partial charge in [0.05, 0.1) is 36.8 Å². The van der Waals surface area contributed by atoms with Crippen molar-refractivity contribution in [3.8, 4) is 11.5 Å². The molecular weight excluding hydrogens is 560 g/mol. The molecule has 1 aliphatic rings. The maximum atomic E-state index is 13.7. The van der Waals surface area contributed by atoms with E-state index in [9.17, 15) is 23.1 Å². The number of amides is 3. The molecule has 0 spiro atoms. The van der Waals surface area contributed by atoms with Crippen LogP contribution in [0, 0.1) is 5.92 Å². The van der Waals surface area contributed by atoms with Gasteiger partial charge in [0.15, 0.2) is 0 Å². The summed E-state index contributed by atoms with van der Waals surface area (Å²) in [5.74, 6) is 0.300. The number of fused-ring (bicyclic) bond motifs is 1. The van der Waals surface area contributed by atoms with Gasteiger partial charge < -0.3 is 29.7 Å². The van der Waals surface area contributed by atoms with Gasteiger partial charge in [-0.25, -0.2) is 13.2 Å². The van der Waals surface area contributed by atoms with E-state index in [1.54, 1.807) is 74.5 Å². The van der Waals surface area contributed by atoms with Crippen LogP contribution in [0.15, 0.2) is 77.7 Å². The molecule has 224 valence electrons. The van der Waals surface area contributed by atoms with Crippen molar-refractivity contribution in [3.63, 3.8) is 0 Å². The minimum absolute atomic E-state index is 0.0830. The lowest BCUT2D eigenvalue weighted by molar-refractivity contribution is 0.0371. The fourth-order valence-electron chi connectivity index (χ4n) is 4.56. The lowest BCUT2D eigenvalue weighted by Crippen LogP contribution is -2.50. The molecule has 0 fully saturated rings. The molecule has 1 heterocycles. The van der Waals surface area contributed by atoms with Gasteiger partial charge in [0, 0.05) is 30.9 Å². The van der Waals surface area contributed by atoms with Crippen molar-refractivity contribution < 1.29 is 32.6 Å². The van der Waals surface area contributed by atoms with Gasteiger partial charge in [-0.3, -0.25) is 9.52 Å².